The molecule has 2 rings (SSSR count). The van der Waals surface area contributed by atoms with Crippen molar-refractivity contribution in [3.63, 3.8) is 0 Å². The van der Waals surface area contributed by atoms with E-state index in [4.69, 9.17) is 4.74 Å². The monoisotopic (exact) mass is 288 g/mol. The molecule has 2 heterocycles. The summed E-state index contributed by atoms with van der Waals surface area (Å²) in [6.45, 7) is 6.71. The summed E-state index contributed by atoms with van der Waals surface area (Å²) >= 11 is 0. The molecule has 6 nitrogen and oxygen atoms in total. The van der Waals surface area contributed by atoms with Crippen LogP contribution >= 0.6 is 0 Å². The normalized spacial score (nSPS) is 10.6. The summed E-state index contributed by atoms with van der Waals surface area (Å²) in [4.78, 5) is 16.1. The smallest absolute Gasteiger partial charge is 0.360 e. The first-order valence-electron chi connectivity index (χ1n) is 7.15. The molecule has 0 atom stereocenters. The highest BCUT2D eigenvalue weighted by Gasteiger charge is 2.20. The van der Waals surface area contributed by atoms with Crippen LogP contribution in [0.4, 0.5) is 0 Å². The lowest BCUT2D eigenvalue weighted by Crippen LogP contribution is -2.11. The van der Waals surface area contributed by atoms with Crippen LogP contribution in [0, 0.1) is 6.92 Å². The molecular formula is C15H20N4O2. The van der Waals surface area contributed by atoms with Gasteiger partial charge in [0.05, 0.1) is 18.8 Å². The number of hydrogen-bond acceptors (Lipinski definition) is 5. The van der Waals surface area contributed by atoms with Crippen LogP contribution in [0.1, 0.15) is 47.6 Å². The fourth-order valence-electron chi connectivity index (χ4n) is 2.18. The van der Waals surface area contributed by atoms with Crippen molar-refractivity contribution < 1.29 is 9.53 Å². The zero-order valence-electron chi connectivity index (χ0n) is 12.7. The quantitative estimate of drug-likeness (QED) is 0.762. The average Bonchev–Trinajstić information content (AvgIpc) is 2.83. The molecule has 0 aliphatic carbocycles. The lowest BCUT2D eigenvalue weighted by Gasteiger charge is -2.07. The first kappa shape index (κ1) is 15.2. The van der Waals surface area contributed by atoms with Gasteiger partial charge >= 0.3 is 5.97 Å². The second-order valence-corrected chi connectivity index (χ2v) is 4.88. The Hall–Kier alpha value is -2.24. The molecule has 2 aromatic rings. The number of esters is 1. The first-order chi connectivity index (χ1) is 10.2. The van der Waals surface area contributed by atoms with Crippen molar-refractivity contribution in [2.75, 3.05) is 6.61 Å². The van der Waals surface area contributed by atoms with Gasteiger partial charge in [0.1, 0.15) is 0 Å². The van der Waals surface area contributed by atoms with Crippen molar-refractivity contribution in [3.8, 4) is 0 Å². The van der Waals surface area contributed by atoms with Crippen molar-refractivity contribution >= 4 is 5.97 Å². The van der Waals surface area contributed by atoms with Crippen molar-refractivity contribution in [1.82, 2.24) is 20.0 Å². The summed E-state index contributed by atoms with van der Waals surface area (Å²) in [5.74, 6) is -0.408. The van der Waals surface area contributed by atoms with Crippen molar-refractivity contribution in [3.05, 3.63) is 41.0 Å². The molecule has 0 aliphatic heterocycles. The van der Waals surface area contributed by atoms with Crippen LogP contribution in [0.3, 0.4) is 0 Å². The first-order valence-corrected chi connectivity index (χ1v) is 7.15. The Labute approximate surface area is 124 Å². The molecule has 0 amide bonds. The maximum absolute atomic E-state index is 11.9. The summed E-state index contributed by atoms with van der Waals surface area (Å²) in [7, 11) is 0. The van der Waals surface area contributed by atoms with Crippen LogP contribution < -0.4 is 0 Å². The fourth-order valence-corrected chi connectivity index (χ4v) is 2.18. The van der Waals surface area contributed by atoms with Gasteiger partial charge in [-0.25, -0.2) is 9.48 Å². The lowest BCUT2D eigenvalue weighted by atomic mass is 10.2. The standard InChI is InChI=1S/C15H20N4O2/c1-4-6-13-14(15(20)21-5-2)17-18-19(13)10-12-7-11(3)8-16-9-12/h7-9H,4-6,10H2,1-3H3. The van der Waals surface area contributed by atoms with E-state index < -0.39 is 5.97 Å². The Kier molecular flexibility index (Phi) is 5.03. The van der Waals surface area contributed by atoms with Crippen molar-refractivity contribution in [2.45, 2.75) is 40.2 Å². The maximum atomic E-state index is 11.9. The Morgan fingerprint density at radius 3 is 2.81 bits per heavy atom. The number of carbonyl (C=O) groups is 1. The van der Waals surface area contributed by atoms with Crippen LogP contribution in [0.5, 0.6) is 0 Å². The Balaban J connectivity index is 2.29. The highest BCUT2D eigenvalue weighted by Crippen LogP contribution is 2.13. The van der Waals surface area contributed by atoms with E-state index >= 15 is 0 Å². The summed E-state index contributed by atoms with van der Waals surface area (Å²) < 4.78 is 6.79. The van der Waals surface area contributed by atoms with E-state index in [2.05, 4.69) is 28.3 Å². The number of carbonyl (C=O) groups excluding carboxylic acids is 1. The minimum Gasteiger partial charge on any atom is -0.461 e. The third-order valence-corrected chi connectivity index (χ3v) is 3.06. The lowest BCUT2D eigenvalue weighted by molar-refractivity contribution is 0.0518. The van der Waals surface area contributed by atoms with Crippen LogP contribution in [-0.2, 0) is 17.7 Å². The number of aromatic nitrogens is 4. The SMILES string of the molecule is CCCc1c(C(=O)OCC)nnn1Cc1cncc(C)c1. The average molecular weight is 288 g/mol. The molecule has 0 fully saturated rings. The van der Waals surface area contributed by atoms with Gasteiger partial charge in [0, 0.05) is 12.4 Å². The van der Waals surface area contributed by atoms with E-state index in [0.29, 0.717) is 18.8 Å². The third kappa shape index (κ3) is 3.65. The highest BCUT2D eigenvalue weighted by atomic mass is 16.5. The molecule has 0 aliphatic rings. The Bertz CT molecular complexity index is 622. The number of pyridine rings is 1. The molecular weight excluding hydrogens is 268 g/mol. The van der Waals surface area contributed by atoms with Gasteiger partial charge in [-0.2, -0.15) is 0 Å². The van der Waals surface area contributed by atoms with Gasteiger partial charge in [-0.05, 0) is 31.4 Å². The molecule has 0 radical (unpaired) electrons. The molecule has 2 aromatic heterocycles. The molecule has 0 aromatic carbocycles. The summed E-state index contributed by atoms with van der Waals surface area (Å²) in [5, 5.41) is 8.09. The zero-order chi connectivity index (χ0) is 15.2. The molecule has 0 unspecified atom stereocenters. The van der Waals surface area contributed by atoms with Crippen LogP contribution in [0.2, 0.25) is 0 Å². The molecule has 0 spiro atoms. The van der Waals surface area contributed by atoms with Crippen molar-refractivity contribution in [1.29, 1.82) is 0 Å². The number of ether oxygens (including phenoxy) is 1. The largest absolute Gasteiger partial charge is 0.461 e. The second-order valence-electron chi connectivity index (χ2n) is 4.88. The predicted molar refractivity (Wildman–Crippen MR) is 78.0 cm³/mol. The van der Waals surface area contributed by atoms with Gasteiger partial charge in [-0.1, -0.05) is 24.6 Å². The third-order valence-electron chi connectivity index (χ3n) is 3.06. The van der Waals surface area contributed by atoms with E-state index in [0.717, 1.165) is 29.7 Å². The van der Waals surface area contributed by atoms with Crippen LogP contribution in [0.15, 0.2) is 18.5 Å². The minimum atomic E-state index is -0.408. The van der Waals surface area contributed by atoms with E-state index in [1.807, 2.05) is 13.1 Å². The summed E-state index contributed by atoms with van der Waals surface area (Å²) in [5.41, 5.74) is 3.26. The van der Waals surface area contributed by atoms with Gasteiger partial charge in [0.25, 0.3) is 0 Å². The van der Waals surface area contributed by atoms with Gasteiger partial charge in [-0.3, -0.25) is 4.98 Å². The summed E-state index contributed by atoms with van der Waals surface area (Å²) in [6.07, 6.45) is 5.25. The number of aryl methyl sites for hydroxylation is 1. The van der Waals surface area contributed by atoms with E-state index in [1.165, 1.54) is 0 Å². The molecule has 0 saturated carbocycles. The molecule has 0 N–H and O–H groups in total. The molecule has 21 heavy (non-hydrogen) atoms. The highest BCUT2D eigenvalue weighted by molar-refractivity contribution is 5.88. The number of nitrogens with zero attached hydrogens (tertiary/aromatic N) is 4. The van der Waals surface area contributed by atoms with Crippen molar-refractivity contribution in [2.24, 2.45) is 0 Å². The van der Waals surface area contributed by atoms with Gasteiger partial charge in [0.2, 0.25) is 0 Å². The van der Waals surface area contributed by atoms with E-state index in [9.17, 15) is 4.79 Å². The molecule has 112 valence electrons. The van der Waals surface area contributed by atoms with Gasteiger partial charge in [0.15, 0.2) is 5.69 Å². The van der Waals surface area contributed by atoms with Gasteiger partial charge in [-0.15, -0.1) is 5.10 Å². The topological polar surface area (TPSA) is 69.9 Å². The zero-order valence-corrected chi connectivity index (χ0v) is 12.7. The summed E-state index contributed by atoms with van der Waals surface area (Å²) in [6, 6.07) is 2.05. The van der Waals surface area contributed by atoms with Crippen LogP contribution in [0.25, 0.3) is 0 Å². The fraction of sp³-hybridized carbons (Fsp3) is 0.467. The Morgan fingerprint density at radius 1 is 1.33 bits per heavy atom. The number of hydrogen-bond donors (Lipinski definition) is 0. The van der Waals surface area contributed by atoms with E-state index in [1.54, 1.807) is 17.8 Å². The minimum absolute atomic E-state index is 0.319. The molecule has 0 saturated heterocycles. The number of rotatable bonds is 6. The van der Waals surface area contributed by atoms with E-state index in [-0.39, 0.29) is 0 Å². The maximum Gasteiger partial charge on any atom is 0.360 e. The Morgan fingerprint density at radius 2 is 2.14 bits per heavy atom. The second kappa shape index (κ2) is 6.97. The van der Waals surface area contributed by atoms with Gasteiger partial charge < -0.3 is 4.74 Å². The van der Waals surface area contributed by atoms with Crippen LogP contribution in [-0.4, -0.2) is 32.6 Å². The predicted octanol–water partition coefficient (Wildman–Crippen LogP) is 2.16. The molecule has 0 bridgehead atoms. The molecule has 6 heteroatoms.